The average Bonchev–Trinajstić information content (AvgIpc) is 3.31. The Kier molecular flexibility index (Phi) is 8.31. The van der Waals surface area contributed by atoms with E-state index in [9.17, 15) is 8.42 Å². The summed E-state index contributed by atoms with van der Waals surface area (Å²) in [5, 5.41) is 0.740. The predicted octanol–water partition coefficient (Wildman–Crippen LogP) is 6.10. The van der Waals surface area contributed by atoms with E-state index in [0.717, 1.165) is 53.3 Å². The molecule has 0 N–H and O–H groups in total. The Bertz CT molecular complexity index is 1320. The lowest BCUT2D eigenvalue weighted by molar-refractivity contribution is 0.0976. The topological polar surface area (TPSA) is 62.7 Å². The minimum atomic E-state index is -3.15. The van der Waals surface area contributed by atoms with Crippen LogP contribution in [0.3, 0.4) is 0 Å². The number of nitrogens with zero attached hydrogens (tertiary/aromatic N) is 3. The maximum absolute atomic E-state index is 12.4. The molecule has 0 spiro atoms. The lowest BCUT2D eigenvalue weighted by Gasteiger charge is -2.34. The summed E-state index contributed by atoms with van der Waals surface area (Å²) < 4.78 is 34.1. The number of benzene rings is 2. The van der Waals surface area contributed by atoms with Crippen molar-refractivity contribution < 1.29 is 13.2 Å². The molecule has 36 heavy (non-hydrogen) atoms. The van der Waals surface area contributed by atoms with E-state index < -0.39 is 10.0 Å². The molecule has 5 rings (SSSR count). The molecule has 1 atom stereocenters. The Hall–Kier alpha value is -1.53. The second kappa shape index (κ2) is 11.5. The van der Waals surface area contributed by atoms with Crippen LogP contribution in [0.4, 0.5) is 0 Å². The first-order valence-corrected chi connectivity index (χ1v) is 16.3. The Morgan fingerprint density at radius 3 is 2.61 bits per heavy atom. The van der Waals surface area contributed by atoms with Crippen LogP contribution >= 0.6 is 33.9 Å². The number of aromatic nitrogens is 1. The molecule has 1 saturated heterocycles. The third-order valence-electron chi connectivity index (χ3n) is 6.91. The lowest BCUT2D eigenvalue weighted by atomic mass is 10.0. The summed E-state index contributed by atoms with van der Waals surface area (Å²) in [6.45, 7) is 4.93. The summed E-state index contributed by atoms with van der Waals surface area (Å²) in [4.78, 5) is 7.25. The number of likely N-dealkylation sites (tertiary alicyclic amines) is 1. The maximum atomic E-state index is 12.4. The van der Waals surface area contributed by atoms with E-state index in [-0.39, 0.29) is 11.9 Å². The number of halogens is 1. The first-order valence-electron chi connectivity index (χ1n) is 12.6. The van der Waals surface area contributed by atoms with Crippen LogP contribution in [0.15, 0.2) is 54.6 Å². The van der Waals surface area contributed by atoms with Gasteiger partial charge in [0.1, 0.15) is 6.10 Å². The van der Waals surface area contributed by atoms with Crippen LogP contribution in [0, 0.1) is 0 Å². The van der Waals surface area contributed by atoms with Gasteiger partial charge in [-0.3, -0.25) is 4.90 Å². The van der Waals surface area contributed by atoms with Crippen LogP contribution in [0.1, 0.15) is 47.8 Å². The molecule has 0 aliphatic carbocycles. The molecule has 0 radical (unpaired) electrons. The van der Waals surface area contributed by atoms with Crippen molar-refractivity contribution in [3.8, 4) is 5.19 Å². The Labute approximate surface area is 231 Å². The molecule has 1 unspecified atom stereocenters. The number of rotatable bonds is 8. The number of piperidine rings is 1. The average molecular weight is 638 g/mol. The SMILES string of the molecule is CCCS(=O)(=O)N1CC=C(c2ccc3nc(OC4CCN(C(I)c5ccccc5)CC4)sc3c2)CC1. The molecule has 2 aromatic carbocycles. The highest BCUT2D eigenvalue weighted by molar-refractivity contribution is 14.1. The smallest absolute Gasteiger partial charge is 0.274 e. The highest BCUT2D eigenvalue weighted by Crippen LogP contribution is 2.35. The number of thiazole rings is 1. The number of hydrogen-bond acceptors (Lipinski definition) is 6. The fraction of sp³-hybridized carbons (Fsp3) is 0.444. The number of alkyl halides is 1. The van der Waals surface area contributed by atoms with Gasteiger partial charge in [-0.05, 0) is 54.5 Å². The highest BCUT2D eigenvalue weighted by atomic mass is 127. The van der Waals surface area contributed by atoms with E-state index in [1.165, 1.54) is 11.1 Å². The van der Waals surface area contributed by atoms with E-state index in [1.807, 2.05) is 6.92 Å². The molecule has 3 heterocycles. The molecule has 2 aliphatic rings. The fourth-order valence-electron chi connectivity index (χ4n) is 4.89. The second-order valence-corrected chi connectivity index (χ2v) is 13.7. The van der Waals surface area contributed by atoms with Gasteiger partial charge in [0.2, 0.25) is 10.0 Å². The molecular formula is C27H32IN3O3S2. The van der Waals surface area contributed by atoms with Gasteiger partial charge in [0, 0.05) is 26.2 Å². The molecule has 0 bridgehead atoms. The Balaban J connectivity index is 1.20. The van der Waals surface area contributed by atoms with Crippen molar-refractivity contribution in [3.05, 3.63) is 65.7 Å². The van der Waals surface area contributed by atoms with Gasteiger partial charge in [0.25, 0.3) is 5.19 Å². The molecule has 9 heteroatoms. The molecule has 0 amide bonds. The van der Waals surface area contributed by atoms with Crippen molar-refractivity contribution in [3.63, 3.8) is 0 Å². The molecule has 1 fully saturated rings. The van der Waals surface area contributed by atoms with Gasteiger partial charge >= 0.3 is 0 Å². The van der Waals surface area contributed by atoms with Crippen molar-refractivity contribution in [1.82, 2.24) is 14.2 Å². The van der Waals surface area contributed by atoms with E-state index in [4.69, 9.17) is 9.72 Å². The second-order valence-electron chi connectivity index (χ2n) is 9.42. The summed E-state index contributed by atoms with van der Waals surface area (Å²) in [7, 11) is -3.15. The van der Waals surface area contributed by atoms with Crippen LogP contribution < -0.4 is 4.74 Å². The van der Waals surface area contributed by atoms with Gasteiger partial charge in [-0.1, -0.05) is 83.3 Å². The number of ether oxygens (including phenoxy) is 1. The summed E-state index contributed by atoms with van der Waals surface area (Å²) in [5.41, 5.74) is 4.65. The normalized spacial score (nSPS) is 19.3. The zero-order valence-electron chi connectivity index (χ0n) is 20.5. The van der Waals surface area contributed by atoms with Gasteiger partial charge in [0.05, 0.1) is 20.0 Å². The summed E-state index contributed by atoms with van der Waals surface area (Å²) in [5.74, 6) is 0.219. The van der Waals surface area contributed by atoms with Crippen LogP contribution in [-0.2, 0) is 10.0 Å². The summed E-state index contributed by atoms with van der Waals surface area (Å²) in [6.07, 6.45) is 5.62. The van der Waals surface area contributed by atoms with Crippen molar-refractivity contribution in [2.75, 3.05) is 31.9 Å². The zero-order chi connectivity index (χ0) is 25.1. The number of sulfonamides is 1. The first kappa shape index (κ1) is 26.1. The van der Waals surface area contributed by atoms with Crippen LogP contribution in [0.5, 0.6) is 5.19 Å². The van der Waals surface area contributed by atoms with Gasteiger partial charge in [0.15, 0.2) is 0 Å². The summed E-state index contributed by atoms with van der Waals surface area (Å²) >= 11 is 4.14. The highest BCUT2D eigenvalue weighted by Gasteiger charge is 2.27. The van der Waals surface area contributed by atoms with Crippen molar-refractivity contribution >= 4 is 59.7 Å². The first-order chi connectivity index (χ1) is 17.4. The van der Waals surface area contributed by atoms with Crippen LogP contribution in [0.25, 0.3) is 15.8 Å². The molecule has 0 saturated carbocycles. The van der Waals surface area contributed by atoms with Gasteiger partial charge < -0.3 is 4.74 Å². The molecule has 2 aliphatic heterocycles. The van der Waals surface area contributed by atoms with Crippen LogP contribution in [0.2, 0.25) is 0 Å². The largest absolute Gasteiger partial charge is 0.467 e. The Morgan fingerprint density at radius 1 is 1.14 bits per heavy atom. The summed E-state index contributed by atoms with van der Waals surface area (Å²) in [6, 6.07) is 17.0. The molecular weight excluding hydrogens is 605 g/mol. The third kappa shape index (κ3) is 5.96. The van der Waals surface area contributed by atoms with Gasteiger partial charge in [-0.2, -0.15) is 4.31 Å². The van der Waals surface area contributed by atoms with Crippen molar-refractivity contribution in [1.29, 1.82) is 0 Å². The standard InChI is InChI=1S/C27H32IN3O3S2/c1-2-18-36(32,33)31-16-10-20(11-17-31)22-8-9-24-25(19-22)35-27(29-24)34-23-12-14-30(15-13-23)26(28)21-6-4-3-5-7-21/h3-10,19,23,26H,2,11-18H2,1H3. The number of hydrogen-bond donors (Lipinski definition) is 0. The lowest BCUT2D eigenvalue weighted by Crippen LogP contribution is -2.38. The van der Waals surface area contributed by atoms with E-state index >= 15 is 0 Å². The van der Waals surface area contributed by atoms with Crippen molar-refractivity contribution in [2.45, 2.75) is 42.8 Å². The van der Waals surface area contributed by atoms with Crippen LogP contribution in [-0.4, -0.2) is 60.6 Å². The van der Waals surface area contributed by atoms with Crippen molar-refractivity contribution in [2.24, 2.45) is 0 Å². The van der Waals surface area contributed by atoms with E-state index in [1.54, 1.807) is 15.6 Å². The molecule has 192 valence electrons. The van der Waals surface area contributed by atoms with E-state index in [0.29, 0.717) is 23.6 Å². The minimum absolute atomic E-state index is 0.192. The third-order valence-corrected chi connectivity index (χ3v) is 11.4. The zero-order valence-corrected chi connectivity index (χ0v) is 24.3. The molecule has 1 aromatic heterocycles. The van der Waals surface area contributed by atoms with Gasteiger partial charge in [-0.15, -0.1) is 0 Å². The number of fused-ring (bicyclic) bond motifs is 1. The quantitative estimate of drug-likeness (QED) is 0.170. The maximum Gasteiger partial charge on any atom is 0.274 e. The minimum Gasteiger partial charge on any atom is -0.467 e. The Morgan fingerprint density at radius 2 is 1.92 bits per heavy atom. The molecule has 3 aromatic rings. The van der Waals surface area contributed by atoms with E-state index in [2.05, 4.69) is 82.1 Å². The molecule has 6 nitrogen and oxygen atoms in total. The predicted molar refractivity (Wildman–Crippen MR) is 156 cm³/mol. The fourth-order valence-corrected chi connectivity index (χ4v) is 8.23. The van der Waals surface area contributed by atoms with Gasteiger partial charge in [-0.25, -0.2) is 13.4 Å². The monoisotopic (exact) mass is 637 g/mol.